The third kappa shape index (κ3) is 5.11. The van der Waals surface area contributed by atoms with Crippen LogP contribution in [0.4, 0.5) is 0 Å². The molecule has 2 amide bonds. The molecule has 0 bridgehead atoms. The van der Waals surface area contributed by atoms with Crippen LogP contribution in [0.15, 0.2) is 54.6 Å². The first-order valence-electron chi connectivity index (χ1n) is 7.42. The molecule has 0 aliphatic rings. The quantitative estimate of drug-likeness (QED) is 0.834. The second-order valence-electron chi connectivity index (χ2n) is 5.24. The minimum absolute atomic E-state index is 0.123. The SMILES string of the molecule is CNC(=O)c1ccc(CNC(=O)/C=C/c2cccc(C)c2)cc1. The number of benzene rings is 2. The van der Waals surface area contributed by atoms with Gasteiger partial charge in [-0.15, -0.1) is 0 Å². The first-order chi connectivity index (χ1) is 11.1. The Morgan fingerprint density at radius 2 is 1.83 bits per heavy atom. The van der Waals surface area contributed by atoms with Crippen molar-refractivity contribution < 1.29 is 9.59 Å². The lowest BCUT2D eigenvalue weighted by atomic mass is 10.1. The van der Waals surface area contributed by atoms with E-state index in [1.807, 2.05) is 43.3 Å². The number of hydrogen-bond acceptors (Lipinski definition) is 2. The maximum Gasteiger partial charge on any atom is 0.251 e. The normalized spacial score (nSPS) is 10.5. The van der Waals surface area contributed by atoms with Gasteiger partial charge in [0.1, 0.15) is 0 Å². The number of amides is 2. The molecule has 0 aromatic heterocycles. The van der Waals surface area contributed by atoms with Crippen molar-refractivity contribution in [3.8, 4) is 0 Å². The van der Waals surface area contributed by atoms with Crippen LogP contribution in [-0.4, -0.2) is 18.9 Å². The van der Waals surface area contributed by atoms with Gasteiger partial charge in [0, 0.05) is 25.2 Å². The summed E-state index contributed by atoms with van der Waals surface area (Å²) in [7, 11) is 1.59. The smallest absolute Gasteiger partial charge is 0.251 e. The van der Waals surface area contributed by atoms with E-state index in [4.69, 9.17) is 0 Å². The molecule has 2 aromatic carbocycles. The zero-order valence-electron chi connectivity index (χ0n) is 13.3. The fraction of sp³-hybridized carbons (Fsp3) is 0.158. The maximum atomic E-state index is 11.8. The van der Waals surface area contributed by atoms with E-state index in [0.717, 1.165) is 16.7 Å². The van der Waals surface area contributed by atoms with Crippen molar-refractivity contribution in [3.63, 3.8) is 0 Å². The van der Waals surface area contributed by atoms with E-state index in [2.05, 4.69) is 10.6 Å². The van der Waals surface area contributed by atoms with Crippen LogP contribution in [-0.2, 0) is 11.3 Å². The highest BCUT2D eigenvalue weighted by molar-refractivity contribution is 5.94. The minimum Gasteiger partial charge on any atom is -0.355 e. The predicted octanol–water partition coefficient (Wildman–Crippen LogP) is 2.68. The van der Waals surface area contributed by atoms with Crippen LogP contribution < -0.4 is 10.6 Å². The Balaban J connectivity index is 1.88. The van der Waals surface area contributed by atoms with Gasteiger partial charge in [0.15, 0.2) is 0 Å². The molecule has 0 heterocycles. The van der Waals surface area contributed by atoms with Crippen LogP contribution in [0.3, 0.4) is 0 Å². The molecule has 0 saturated carbocycles. The Kier molecular flexibility index (Phi) is 5.69. The molecule has 2 aromatic rings. The first kappa shape index (κ1) is 16.5. The van der Waals surface area contributed by atoms with E-state index in [-0.39, 0.29) is 11.8 Å². The third-order valence-corrected chi connectivity index (χ3v) is 3.38. The fourth-order valence-corrected chi connectivity index (χ4v) is 2.11. The van der Waals surface area contributed by atoms with Gasteiger partial charge in [0.25, 0.3) is 5.91 Å². The lowest BCUT2D eigenvalue weighted by molar-refractivity contribution is -0.116. The predicted molar refractivity (Wildman–Crippen MR) is 91.9 cm³/mol. The van der Waals surface area contributed by atoms with Crippen molar-refractivity contribution in [2.24, 2.45) is 0 Å². The van der Waals surface area contributed by atoms with Gasteiger partial charge in [-0.2, -0.15) is 0 Å². The molecule has 0 aliphatic heterocycles. The minimum atomic E-state index is -0.151. The van der Waals surface area contributed by atoms with E-state index in [1.54, 1.807) is 25.3 Å². The summed E-state index contributed by atoms with van der Waals surface area (Å²) in [5.41, 5.74) is 3.69. The molecule has 0 radical (unpaired) electrons. The van der Waals surface area contributed by atoms with E-state index in [9.17, 15) is 9.59 Å². The number of nitrogens with one attached hydrogen (secondary N) is 2. The Hall–Kier alpha value is -2.88. The van der Waals surface area contributed by atoms with Gasteiger partial charge in [-0.25, -0.2) is 0 Å². The Morgan fingerprint density at radius 3 is 2.48 bits per heavy atom. The van der Waals surface area contributed by atoms with Crippen molar-refractivity contribution in [2.75, 3.05) is 7.05 Å². The van der Waals surface area contributed by atoms with Gasteiger partial charge < -0.3 is 10.6 Å². The van der Waals surface area contributed by atoms with E-state index in [0.29, 0.717) is 12.1 Å². The number of carbonyl (C=O) groups is 2. The van der Waals surface area contributed by atoms with Gasteiger partial charge in [-0.3, -0.25) is 9.59 Å². The summed E-state index contributed by atoms with van der Waals surface area (Å²) in [5.74, 6) is -0.274. The monoisotopic (exact) mass is 308 g/mol. The fourth-order valence-electron chi connectivity index (χ4n) is 2.11. The summed E-state index contributed by atoms with van der Waals surface area (Å²) in [6.07, 6.45) is 3.31. The van der Waals surface area contributed by atoms with Crippen molar-refractivity contribution in [1.29, 1.82) is 0 Å². The maximum absolute atomic E-state index is 11.8. The molecular formula is C19H20N2O2. The summed E-state index contributed by atoms with van der Waals surface area (Å²) < 4.78 is 0. The molecule has 0 saturated heterocycles. The van der Waals surface area contributed by atoms with Gasteiger partial charge >= 0.3 is 0 Å². The summed E-state index contributed by atoms with van der Waals surface area (Å²) in [5, 5.41) is 5.39. The second-order valence-corrected chi connectivity index (χ2v) is 5.24. The molecule has 0 aliphatic carbocycles. The molecule has 2 N–H and O–H groups in total. The Morgan fingerprint density at radius 1 is 1.09 bits per heavy atom. The van der Waals surface area contributed by atoms with Crippen LogP contribution >= 0.6 is 0 Å². The average Bonchev–Trinajstić information content (AvgIpc) is 2.58. The van der Waals surface area contributed by atoms with Crippen LogP contribution in [0.5, 0.6) is 0 Å². The molecule has 4 heteroatoms. The zero-order chi connectivity index (χ0) is 16.7. The summed E-state index contributed by atoms with van der Waals surface area (Å²) in [6, 6.07) is 15.1. The van der Waals surface area contributed by atoms with Gasteiger partial charge in [-0.1, -0.05) is 42.0 Å². The summed E-state index contributed by atoms with van der Waals surface area (Å²) in [6.45, 7) is 2.44. The van der Waals surface area contributed by atoms with Gasteiger partial charge in [0.2, 0.25) is 5.91 Å². The van der Waals surface area contributed by atoms with Crippen molar-refractivity contribution >= 4 is 17.9 Å². The topological polar surface area (TPSA) is 58.2 Å². The van der Waals surface area contributed by atoms with Crippen molar-refractivity contribution in [2.45, 2.75) is 13.5 Å². The zero-order valence-corrected chi connectivity index (χ0v) is 13.3. The molecule has 0 unspecified atom stereocenters. The molecule has 0 atom stereocenters. The lowest BCUT2D eigenvalue weighted by Gasteiger charge is -2.04. The van der Waals surface area contributed by atoms with Crippen molar-refractivity contribution in [1.82, 2.24) is 10.6 Å². The number of carbonyl (C=O) groups excluding carboxylic acids is 2. The molecule has 23 heavy (non-hydrogen) atoms. The van der Waals surface area contributed by atoms with Gasteiger partial charge in [0.05, 0.1) is 0 Å². The first-order valence-corrected chi connectivity index (χ1v) is 7.42. The standard InChI is InChI=1S/C19H20N2O2/c1-14-4-3-5-15(12-14)8-11-18(22)21-13-16-6-9-17(10-7-16)19(23)20-2/h3-12H,13H2,1-2H3,(H,20,23)(H,21,22)/b11-8+. The van der Waals surface area contributed by atoms with E-state index < -0.39 is 0 Å². The third-order valence-electron chi connectivity index (χ3n) is 3.38. The molecular weight excluding hydrogens is 288 g/mol. The molecule has 4 nitrogen and oxygen atoms in total. The largest absolute Gasteiger partial charge is 0.355 e. The highest BCUT2D eigenvalue weighted by Crippen LogP contribution is 2.06. The van der Waals surface area contributed by atoms with Crippen LogP contribution in [0, 0.1) is 6.92 Å². The van der Waals surface area contributed by atoms with E-state index >= 15 is 0 Å². The lowest BCUT2D eigenvalue weighted by Crippen LogP contribution is -2.20. The summed E-state index contributed by atoms with van der Waals surface area (Å²) >= 11 is 0. The number of rotatable bonds is 5. The highest BCUT2D eigenvalue weighted by atomic mass is 16.2. The highest BCUT2D eigenvalue weighted by Gasteiger charge is 2.02. The summed E-state index contributed by atoms with van der Waals surface area (Å²) in [4.78, 5) is 23.3. The molecule has 0 fully saturated rings. The molecule has 2 rings (SSSR count). The second kappa shape index (κ2) is 7.94. The molecule has 0 spiro atoms. The molecule has 118 valence electrons. The van der Waals surface area contributed by atoms with Crippen LogP contribution in [0.25, 0.3) is 6.08 Å². The Bertz CT molecular complexity index is 718. The van der Waals surface area contributed by atoms with Crippen molar-refractivity contribution in [3.05, 3.63) is 76.9 Å². The number of aryl methyl sites for hydroxylation is 1. The number of hydrogen-bond donors (Lipinski definition) is 2. The van der Waals surface area contributed by atoms with Gasteiger partial charge in [-0.05, 0) is 36.3 Å². The Labute approximate surface area is 136 Å². The van der Waals surface area contributed by atoms with E-state index in [1.165, 1.54) is 6.08 Å². The average molecular weight is 308 g/mol. The van der Waals surface area contributed by atoms with Crippen LogP contribution in [0.2, 0.25) is 0 Å². The van der Waals surface area contributed by atoms with Crippen LogP contribution in [0.1, 0.15) is 27.0 Å².